The van der Waals surface area contributed by atoms with Crippen LogP contribution >= 0.6 is 0 Å². The number of nitriles is 1. The molecule has 0 saturated heterocycles. The fourth-order valence-corrected chi connectivity index (χ4v) is 1.46. The third-order valence-corrected chi connectivity index (χ3v) is 2.26. The van der Waals surface area contributed by atoms with Crippen LogP contribution in [0.4, 0.5) is 0 Å². The molecule has 96 valence electrons. The zero-order chi connectivity index (χ0) is 13.8. The van der Waals surface area contributed by atoms with Gasteiger partial charge in [-0.05, 0) is 19.9 Å². The molecule has 2 aromatic rings. The van der Waals surface area contributed by atoms with E-state index in [0.717, 1.165) is 0 Å². The predicted molar refractivity (Wildman–Crippen MR) is 64.6 cm³/mol. The van der Waals surface area contributed by atoms with Crippen molar-refractivity contribution in [3.8, 4) is 12.0 Å². The Morgan fingerprint density at radius 3 is 3.00 bits per heavy atom. The lowest BCUT2D eigenvalue weighted by atomic mass is 10.3. The van der Waals surface area contributed by atoms with Gasteiger partial charge in [0.1, 0.15) is 11.8 Å². The molecule has 0 fully saturated rings. The van der Waals surface area contributed by atoms with Gasteiger partial charge in [0.2, 0.25) is 0 Å². The maximum absolute atomic E-state index is 11.5. The van der Waals surface area contributed by atoms with Gasteiger partial charge in [0.05, 0.1) is 18.4 Å². The summed E-state index contributed by atoms with van der Waals surface area (Å²) in [5.41, 5.74) is 1.20. The van der Waals surface area contributed by atoms with Gasteiger partial charge in [-0.15, -0.1) is 0 Å². The summed E-state index contributed by atoms with van der Waals surface area (Å²) < 4.78 is 6.19. The van der Waals surface area contributed by atoms with E-state index in [4.69, 9.17) is 10.00 Å². The minimum absolute atomic E-state index is 0.243. The average Bonchev–Trinajstić information content (AvgIpc) is 2.88. The second kappa shape index (κ2) is 5.27. The third-order valence-electron chi connectivity index (χ3n) is 2.26. The van der Waals surface area contributed by atoms with Crippen LogP contribution in [-0.4, -0.2) is 32.3 Å². The molecule has 0 aromatic carbocycles. The Morgan fingerprint density at radius 2 is 2.32 bits per heavy atom. The first kappa shape index (κ1) is 12.7. The van der Waals surface area contributed by atoms with Crippen LogP contribution in [0.5, 0.6) is 0 Å². The molecule has 0 bridgehead atoms. The molecular formula is C12H11N5O2. The van der Waals surface area contributed by atoms with Crippen LogP contribution in [-0.2, 0) is 4.74 Å². The summed E-state index contributed by atoms with van der Waals surface area (Å²) in [4.78, 5) is 19.7. The molecule has 0 amide bonds. The number of hydrogen-bond donors (Lipinski definition) is 0. The first-order valence-corrected chi connectivity index (χ1v) is 5.62. The van der Waals surface area contributed by atoms with Crippen molar-refractivity contribution in [2.45, 2.75) is 13.8 Å². The van der Waals surface area contributed by atoms with Crippen LogP contribution in [0.3, 0.4) is 0 Å². The Bertz CT molecular complexity index is 656. The molecule has 0 aliphatic carbocycles. The Kier molecular flexibility index (Phi) is 3.52. The van der Waals surface area contributed by atoms with Crippen molar-refractivity contribution in [1.82, 2.24) is 19.7 Å². The maximum Gasteiger partial charge on any atom is 0.341 e. The van der Waals surface area contributed by atoms with Gasteiger partial charge in [-0.3, -0.25) is 0 Å². The topological polar surface area (TPSA) is 93.7 Å². The minimum Gasteiger partial charge on any atom is -0.462 e. The van der Waals surface area contributed by atoms with Gasteiger partial charge in [0, 0.05) is 11.9 Å². The lowest BCUT2D eigenvalue weighted by Crippen LogP contribution is -2.05. The fraction of sp³-hybridized carbons (Fsp3) is 0.250. The van der Waals surface area contributed by atoms with Crippen molar-refractivity contribution in [1.29, 1.82) is 5.26 Å². The van der Waals surface area contributed by atoms with Gasteiger partial charge in [-0.25, -0.2) is 19.4 Å². The quantitative estimate of drug-likeness (QED) is 0.762. The van der Waals surface area contributed by atoms with E-state index in [-0.39, 0.29) is 11.6 Å². The van der Waals surface area contributed by atoms with E-state index in [1.165, 1.54) is 17.1 Å². The smallest absolute Gasteiger partial charge is 0.341 e. The standard InChI is InChI=1S/C12H11N5O2/c1-3-19-11(18)9-6-14-17(7-9)12-15-8(2)4-10(5-13)16-12/h4,6-7H,3H2,1-2H3. The van der Waals surface area contributed by atoms with E-state index >= 15 is 0 Å². The molecule has 2 aromatic heterocycles. The number of carbonyl (C=O) groups is 1. The second-order valence-electron chi connectivity index (χ2n) is 3.70. The monoisotopic (exact) mass is 257 g/mol. The SMILES string of the molecule is CCOC(=O)c1cnn(-c2nc(C)cc(C#N)n2)c1. The molecule has 0 atom stereocenters. The lowest BCUT2D eigenvalue weighted by molar-refractivity contribution is 0.0526. The molecule has 2 rings (SSSR count). The summed E-state index contributed by atoms with van der Waals surface area (Å²) in [6, 6.07) is 3.51. The largest absolute Gasteiger partial charge is 0.462 e. The minimum atomic E-state index is -0.457. The van der Waals surface area contributed by atoms with Crippen LogP contribution in [0.1, 0.15) is 28.7 Å². The van der Waals surface area contributed by atoms with Crippen molar-refractivity contribution < 1.29 is 9.53 Å². The molecule has 19 heavy (non-hydrogen) atoms. The van der Waals surface area contributed by atoms with Gasteiger partial charge in [0.15, 0.2) is 0 Å². The fourth-order valence-electron chi connectivity index (χ4n) is 1.46. The molecule has 2 heterocycles. The molecule has 0 spiro atoms. The number of nitrogens with zero attached hydrogens (tertiary/aromatic N) is 5. The van der Waals surface area contributed by atoms with Gasteiger partial charge >= 0.3 is 5.97 Å². The molecular weight excluding hydrogens is 246 g/mol. The van der Waals surface area contributed by atoms with Crippen molar-refractivity contribution >= 4 is 5.97 Å². The zero-order valence-corrected chi connectivity index (χ0v) is 10.5. The van der Waals surface area contributed by atoms with Crippen molar-refractivity contribution in [2.75, 3.05) is 6.61 Å². The van der Waals surface area contributed by atoms with E-state index in [0.29, 0.717) is 17.9 Å². The van der Waals surface area contributed by atoms with E-state index in [1.54, 1.807) is 19.9 Å². The number of aryl methyl sites for hydroxylation is 1. The molecule has 7 heteroatoms. The molecule has 0 N–H and O–H groups in total. The lowest BCUT2D eigenvalue weighted by Gasteiger charge is -2.01. The van der Waals surface area contributed by atoms with Crippen molar-refractivity contribution in [3.63, 3.8) is 0 Å². The highest BCUT2D eigenvalue weighted by molar-refractivity contribution is 5.88. The molecule has 0 radical (unpaired) electrons. The first-order chi connectivity index (χ1) is 9.13. The number of esters is 1. The molecule has 0 saturated carbocycles. The summed E-state index contributed by atoms with van der Waals surface area (Å²) in [6.07, 6.45) is 2.84. The maximum atomic E-state index is 11.5. The van der Waals surface area contributed by atoms with Crippen LogP contribution in [0.25, 0.3) is 5.95 Å². The zero-order valence-electron chi connectivity index (χ0n) is 10.5. The van der Waals surface area contributed by atoms with E-state index in [9.17, 15) is 4.79 Å². The number of aromatic nitrogens is 4. The van der Waals surface area contributed by atoms with Crippen LogP contribution in [0, 0.1) is 18.3 Å². The summed E-state index contributed by atoms with van der Waals surface area (Å²) >= 11 is 0. The highest BCUT2D eigenvalue weighted by Gasteiger charge is 2.12. The van der Waals surface area contributed by atoms with Crippen LogP contribution in [0.2, 0.25) is 0 Å². The highest BCUT2D eigenvalue weighted by atomic mass is 16.5. The van der Waals surface area contributed by atoms with E-state index in [2.05, 4.69) is 15.1 Å². The predicted octanol–water partition coefficient (Wildman–Crippen LogP) is 1.02. The summed E-state index contributed by atoms with van der Waals surface area (Å²) in [7, 11) is 0. The Balaban J connectivity index is 2.35. The van der Waals surface area contributed by atoms with Crippen molar-refractivity contribution in [3.05, 3.63) is 35.4 Å². The second-order valence-corrected chi connectivity index (χ2v) is 3.70. The Morgan fingerprint density at radius 1 is 1.53 bits per heavy atom. The van der Waals surface area contributed by atoms with Crippen LogP contribution < -0.4 is 0 Å². The normalized spacial score (nSPS) is 9.95. The van der Waals surface area contributed by atoms with Gasteiger partial charge in [0.25, 0.3) is 5.95 Å². The molecule has 0 unspecified atom stereocenters. The number of ether oxygens (including phenoxy) is 1. The van der Waals surface area contributed by atoms with Gasteiger partial charge in [-0.1, -0.05) is 0 Å². The van der Waals surface area contributed by atoms with Gasteiger partial charge < -0.3 is 4.74 Å². The van der Waals surface area contributed by atoms with Crippen molar-refractivity contribution in [2.24, 2.45) is 0 Å². The Hall–Kier alpha value is -2.75. The first-order valence-electron chi connectivity index (χ1n) is 5.62. The van der Waals surface area contributed by atoms with E-state index < -0.39 is 5.97 Å². The molecule has 0 aliphatic rings. The summed E-state index contributed by atoms with van der Waals surface area (Å²) in [5.74, 6) is -0.214. The summed E-state index contributed by atoms with van der Waals surface area (Å²) in [5, 5.41) is 12.8. The Labute approximate surface area is 109 Å². The number of rotatable bonds is 3. The highest BCUT2D eigenvalue weighted by Crippen LogP contribution is 2.07. The van der Waals surface area contributed by atoms with Crippen LogP contribution in [0.15, 0.2) is 18.5 Å². The van der Waals surface area contributed by atoms with E-state index in [1.807, 2.05) is 6.07 Å². The number of carbonyl (C=O) groups excluding carboxylic acids is 1. The summed E-state index contributed by atoms with van der Waals surface area (Å²) in [6.45, 7) is 3.77. The third kappa shape index (κ3) is 2.74. The number of hydrogen-bond acceptors (Lipinski definition) is 6. The average molecular weight is 257 g/mol. The molecule has 7 nitrogen and oxygen atoms in total. The molecule has 0 aliphatic heterocycles. The van der Waals surface area contributed by atoms with Gasteiger partial charge in [-0.2, -0.15) is 10.4 Å².